The van der Waals surface area contributed by atoms with Crippen LogP contribution in [0.15, 0.2) is 42.9 Å². The van der Waals surface area contributed by atoms with Crippen molar-refractivity contribution >= 4 is 63.5 Å². The van der Waals surface area contributed by atoms with E-state index in [-0.39, 0.29) is 47.6 Å². The molecule has 3 heterocycles. The molecule has 170 valence electrons. The average molecular weight is 475 g/mol. The van der Waals surface area contributed by atoms with Gasteiger partial charge in [0, 0.05) is 41.8 Å². The van der Waals surface area contributed by atoms with Gasteiger partial charge in [-0.15, -0.1) is 0 Å². The van der Waals surface area contributed by atoms with Crippen LogP contribution in [0.25, 0.3) is 32.6 Å². The van der Waals surface area contributed by atoms with Crippen LogP contribution in [0.3, 0.4) is 0 Å². The Bertz CT molecular complexity index is 1320. The maximum atomic E-state index is 15.6. The summed E-state index contributed by atoms with van der Waals surface area (Å²) >= 11 is 1.14. The number of thiazole rings is 1. The molecule has 0 aliphatic rings. The Kier molecular flexibility index (Phi) is 8.11. The number of fused-ring (bicyclic) bond motifs is 1. The van der Waals surface area contributed by atoms with Crippen LogP contribution < -0.4 is 16.0 Å². The van der Waals surface area contributed by atoms with E-state index in [0.717, 1.165) is 11.3 Å². The number of anilines is 2. The zero-order valence-electron chi connectivity index (χ0n) is 17.3. The van der Waals surface area contributed by atoms with E-state index in [2.05, 4.69) is 35.9 Å². The molecular formula is C21H19FLiN7O3S. The van der Waals surface area contributed by atoms with Gasteiger partial charge >= 0.3 is 30.9 Å². The molecule has 0 radical (unpaired) electrons. The van der Waals surface area contributed by atoms with Crippen LogP contribution in [0.2, 0.25) is 0 Å². The molecule has 34 heavy (non-hydrogen) atoms. The van der Waals surface area contributed by atoms with Crippen LogP contribution in [0, 0.1) is 5.82 Å². The Morgan fingerprint density at radius 3 is 2.56 bits per heavy atom. The van der Waals surface area contributed by atoms with E-state index >= 15 is 4.39 Å². The van der Waals surface area contributed by atoms with E-state index in [1.54, 1.807) is 31.3 Å². The Morgan fingerprint density at radius 2 is 1.91 bits per heavy atom. The summed E-state index contributed by atoms with van der Waals surface area (Å²) in [5, 5.41) is 16.8. The summed E-state index contributed by atoms with van der Waals surface area (Å²) in [6.45, 7) is 1.88. The molecule has 0 bridgehead atoms. The summed E-state index contributed by atoms with van der Waals surface area (Å²) in [6, 6.07) is 6.59. The van der Waals surface area contributed by atoms with Gasteiger partial charge in [-0.1, -0.05) is 17.4 Å². The van der Waals surface area contributed by atoms with Crippen molar-refractivity contribution in [1.82, 2.24) is 25.3 Å². The summed E-state index contributed by atoms with van der Waals surface area (Å²) in [7, 11) is 0. The number of hydrogen-bond donors (Lipinski definition) is 4. The fourth-order valence-corrected chi connectivity index (χ4v) is 4.02. The molecule has 10 nitrogen and oxygen atoms in total. The van der Waals surface area contributed by atoms with E-state index in [1.165, 1.54) is 12.4 Å². The first kappa shape index (κ1) is 25.0. The summed E-state index contributed by atoms with van der Waals surface area (Å²) in [4.78, 5) is 39.4. The molecule has 0 aliphatic carbocycles. The molecule has 0 saturated carbocycles. The maximum absolute atomic E-state index is 15.6. The van der Waals surface area contributed by atoms with Gasteiger partial charge in [-0.25, -0.2) is 24.1 Å². The third kappa shape index (κ3) is 5.48. The Hall–Kier alpha value is -3.59. The van der Waals surface area contributed by atoms with Gasteiger partial charge < -0.3 is 15.7 Å². The number of nitrogens with one attached hydrogen (secondary N) is 3. The van der Waals surface area contributed by atoms with Gasteiger partial charge in [-0.2, -0.15) is 0 Å². The normalized spacial score (nSPS) is 10.4. The van der Waals surface area contributed by atoms with Gasteiger partial charge in [0.25, 0.3) is 0 Å². The third-order valence-corrected chi connectivity index (χ3v) is 5.47. The van der Waals surface area contributed by atoms with E-state index in [4.69, 9.17) is 5.11 Å². The molecule has 0 spiro atoms. The minimum atomic E-state index is -1.06. The van der Waals surface area contributed by atoms with Crippen molar-refractivity contribution in [1.29, 1.82) is 0 Å². The molecule has 2 amide bonds. The monoisotopic (exact) mass is 475 g/mol. The van der Waals surface area contributed by atoms with Crippen molar-refractivity contribution in [3.05, 3.63) is 48.7 Å². The molecule has 4 rings (SSSR count). The fraction of sp³-hybridized carbons (Fsp3) is 0.143. The number of amides is 2. The predicted octanol–water partition coefficient (Wildman–Crippen LogP) is 2.94. The van der Waals surface area contributed by atoms with Gasteiger partial charge in [0.15, 0.2) is 10.9 Å². The van der Waals surface area contributed by atoms with Crippen LogP contribution >= 0.6 is 11.3 Å². The number of nitrogens with zero attached hydrogens (tertiary/aromatic N) is 4. The third-order valence-electron chi connectivity index (χ3n) is 4.46. The first-order valence-corrected chi connectivity index (χ1v) is 10.6. The number of rotatable bonds is 7. The molecule has 3 aromatic heterocycles. The summed E-state index contributed by atoms with van der Waals surface area (Å²) in [5.74, 6) is -1.55. The van der Waals surface area contributed by atoms with Crippen molar-refractivity contribution in [3.63, 3.8) is 0 Å². The van der Waals surface area contributed by atoms with Crippen molar-refractivity contribution in [2.75, 3.05) is 23.7 Å². The number of carboxylic acid groups (broad SMARTS) is 1. The van der Waals surface area contributed by atoms with Gasteiger partial charge in [0.2, 0.25) is 5.95 Å². The van der Waals surface area contributed by atoms with Gasteiger partial charge in [0.05, 0.1) is 10.4 Å². The molecule has 0 unspecified atom stereocenters. The second kappa shape index (κ2) is 11.0. The average Bonchev–Trinajstić information content (AvgIpc) is 3.23. The Morgan fingerprint density at radius 1 is 1.15 bits per heavy atom. The van der Waals surface area contributed by atoms with Crippen LogP contribution in [0.5, 0.6) is 0 Å². The number of carboxylic acids is 1. The molecule has 0 saturated heterocycles. The van der Waals surface area contributed by atoms with Gasteiger partial charge in [0.1, 0.15) is 12.1 Å². The standard InChI is InChI=1S/C21H18FN7O3S.Li.H/c1-2-23-20(32)29-21-28-17-16(22)12(11-8-25-19(26-9-11)27-10-15(30)31)7-13(18(17)33-21)14-5-3-4-6-24-14;;/h3-9H,2,10H2,1H3,(H,30,31)(H,25,26,27)(H2,23,28,29,32);;. The molecule has 1 aromatic carbocycles. The zero-order chi connectivity index (χ0) is 23.4. The first-order valence-electron chi connectivity index (χ1n) is 9.83. The molecule has 0 atom stereocenters. The first-order chi connectivity index (χ1) is 16.0. The van der Waals surface area contributed by atoms with E-state index < -0.39 is 17.8 Å². The van der Waals surface area contributed by atoms with Crippen molar-refractivity contribution in [2.45, 2.75) is 6.92 Å². The number of hydrogen-bond acceptors (Lipinski definition) is 8. The SMILES string of the molecule is CCNC(=O)Nc1nc2c(F)c(-c3cnc(NCC(=O)O)nc3)cc(-c3ccccn3)c2s1.[LiH]. The summed E-state index contributed by atoms with van der Waals surface area (Å²) < 4.78 is 16.1. The van der Waals surface area contributed by atoms with E-state index in [0.29, 0.717) is 28.1 Å². The number of carbonyl (C=O) groups is 2. The van der Waals surface area contributed by atoms with Crippen LogP contribution in [0.1, 0.15) is 6.92 Å². The van der Waals surface area contributed by atoms with Crippen molar-refractivity contribution in [3.8, 4) is 22.4 Å². The van der Waals surface area contributed by atoms with Crippen LogP contribution in [-0.2, 0) is 4.79 Å². The van der Waals surface area contributed by atoms with Gasteiger partial charge in [-0.3, -0.25) is 15.1 Å². The predicted molar refractivity (Wildman–Crippen MR) is 130 cm³/mol. The van der Waals surface area contributed by atoms with E-state index in [1.807, 2.05) is 6.07 Å². The number of urea groups is 1. The van der Waals surface area contributed by atoms with E-state index in [9.17, 15) is 9.59 Å². The number of aliphatic carboxylic acids is 1. The van der Waals surface area contributed by atoms with Crippen molar-refractivity contribution < 1.29 is 19.1 Å². The molecular weight excluding hydrogens is 456 g/mol. The molecule has 13 heteroatoms. The van der Waals surface area contributed by atoms with Crippen molar-refractivity contribution in [2.24, 2.45) is 0 Å². The molecule has 4 N–H and O–H groups in total. The molecule has 0 aliphatic heterocycles. The Labute approximate surface area is 209 Å². The number of pyridine rings is 1. The van der Waals surface area contributed by atoms with Gasteiger partial charge in [-0.05, 0) is 25.1 Å². The second-order valence-electron chi connectivity index (χ2n) is 6.72. The minimum absolute atomic E-state index is 0. The zero-order valence-corrected chi connectivity index (χ0v) is 18.1. The summed E-state index contributed by atoms with van der Waals surface area (Å²) in [5.41, 5.74) is 1.90. The number of carbonyl (C=O) groups excluding carboxylic acids is 1. The van der Waals surface area contributed by atoms with Crippen LogP contribution in [-0.4, -0.2) is 69.0 Å². The van der Waals surface area contributed by atoms with Crippen LogP contribution in [0.4, 0.5) is 20.3 Å². The molecule has 0 fully saturated rings. The number of halogens is 1. The fourth-order valence-electron chi connectivity index (χ4n) is 3.04. The quantitative estimate of drug-likeness (QED) is 0.299. The number of benzene rings is 1. The molecule has 4 aromatic rings. The topological polar surface area (TPSA) is 142 Å². The second-order valence-corrected chi connectivity index (χ2v) is 7.72. The Balaban J connectivity index is 0.00000324. The number of aromatic nitrogens is 4. The summed E-state index contributed by atoms with van der Waals surface area (Å²) in [6.07, 6.45) is 4.42.